The maximum Gasteiger partial charge on any atom is 0.194 e. The van der Waals surface area contributed by atoms with Crippen molar-refractivity contribution in [3.05, 3.63) is 66.0 Å². The topological polar surface area (TPSA) is 47.9 Å². The Bertz CT molecular complexity index is 829. The summed E-state index contributed by atoms with van der Waals surface area (Å²) in [6.07, 6.45) is 0. The number of nitrogens with one attached hydrogen (secondary N) is 1. The summed E-state index contributed by atoms with van der Waals surface area (Å²) >= 11 is 0. The van der Waals surface area contributed by atoms with E-state index in [1.807, 2.05) is 49.4 Å². The maximum atomic E-state index is 14.0. The highest BCUT2D eigenvalue weighted by Crippen LogP contribution is 2.20. The summed E-state index contributed by atoms with van der Waals surface area (Å²) in [6, 6.07) is 16.8. The second-order valence-electron chi connectivity index (χ2n) is 6.94. The molecule has 1 saturated heterocycles. The van der Waals surface area contributed by atoms with Crippen molar-refractivity contribution >= 4 is 46.4 Å². The van der Waals surface area contributed by atoms with Crippen LogP contribution in [0.1, 0.15) is 12.5 Å². The number of halogens is 2. The van der Waals surface area contributed by atoms with Gasteiger partial charge in [-0.1, -0.05) is 42.5 Å². The van der Waals surface area contributed by atoms with E-state index in [1.165, 1.54) is 6.07 Å². The Morgan fingerprint density at radius 1 is 1.07 bits per heavy atom. The monoisotopic (exact) mass is 544 g/mol. The molecule has 0 aliphatic carbocycles. The quantitative estimate of drug-likeness (QED) is 0.330. The van der Waals surface area contributed by atoms with Crippen LogP contribution >= 0.6 is 24.0 Å². The molecule has 30 heavy (non-hydrogen) atoms. The van der Waals surface area contributed by atoms with Gasteiger partial charge in [-0.3, -0.25) is 9.20 Å². The lowest BCUT2D eigenvalue weighted by molar-refractivity contribution is 0.371. The molecule has 0 saturated carbocycles. The van der Waals surface area contributed by atoms with Crippen molar-refractivity contribution in [2.75, 3.05) is 49.9 Å². The van der Waals surface area contributed by atoms with Crippen LogP contribution in [0, 0.1) is 5.82 Å². The number of piperazine rings is 1. The molecule has 1 N–H and O–H groups in total. The Morgan fingerprint density at radius 3 is 2.40 bits per heavy atom. The molecule has 1 heterocycles. The van der Waals surface area contributed by atoms with Crippen LogP contribution in [0.25, 0.3) is 0 Å². The van der Waals surface area contributed by atoms with Gasteiger partial charge in [-0.25, -0.2) is 4.39 Å². The maximum absolute atomic E-state index is 14.0. The average Bonchev–Trinajstić information content (AvgIpc) is 2.74. The normalized spacial score (nSPS) is 15.5. The second kappa shape index (κ2) is 12.9. The van der Waals surface area contributed by atoms with Gasteiger partial charge in [-0.05, 0) is 24.6 Å². The van der Waals surface area contributed by atoms with Crippen LogP contribution in [0.3, 0.4) is 0 Å². The summed E-state index contributed by atoms with van der Waals surface area (Å²) in [6.45, 7) is 6.37. The van der Waals surface area contributed by atoms with Crippen molar-refractivity contribution < 1.29 is 8.60 Å². The molecule has 2 aromatic rings. The fourth-order valence-electron chi connectivity index (χ4n) is 3.38. The van der Waals surface area contributed by atoms with Crippen molar-refractivity contribution in [2.24, 2.45) is 4.99 Å². The van der Waals surface area contributed by atoms with E-state index in [9.17, 15) is 8.60 Å². The van der Waals surface area contributed by atoms with Crippen LogP contribution in [0.5, 0.6) is 0 Å². The van der Waals surface area contributed by atoms with Crippen LogP contribution in [0.15, 0.2) is 59.6 Å². The first-order valence-corrected chi connectivity index (χ1v) is 11.6. The van der Waals surface area contributed by atoms with Crippen LogP contribution in [0.2, 0.25) is 0 Å². The molecule has 3 rings (SSSR count). The van der Waals surface area contributed by atoms with E-state index >= 15 is 0 Å². The van der Waals surface area contributed by atoms with Gasteiger partial charge in [-0.15, -0.1) is 24.0 Å². The van der Waals surface area contributed by atoms with Crippen molar-refractivity contribution in [1.82, 2.24) is 10.2 Å². The minimum absolute atomic E-state index is 0. The number of guanidine groups is 1. The molecule has 0 radical (unpaired) electrons. The van der Waals surface area contributed by atoms with Gasteiger partial charge in [0.25, 0.3) is 0 Å². The van der Waals surface area contributed by atoms with Gasteiger partial charge in [-0.2, -0.15) is 0 Å². The molecule has 0 amide bonds. The first-order chi connectivity index (χ1) is 14.2. The lowest BCUT2D eigenvalue weighted by Gasteiger charge is -2.37. The third kappa shape index (κ3) is 7.23. The second-order valence-corrected chi connectivity index (χ2v) is 8.51. The Hall–Kier alpha value is -1.68. The van der Waals surface area contributed by atoms with Crippen molar-refractivity contribution in [2.45, 2.75) is 12.7 Å². The van der Waals surface area contributed by atoms with Gasteiger partial charge in [0.2, 0.25) is 0 Å². The fourth-order valence-corrected chi connectivity index (χ4v) is 4.38. The zero-order valence-corrected chi connectivity index (χ0v) is 20.4. The largest absolute Gasteiger partial charge is 0.366 e. The van der Waals surface area contributed by atoms with E-state index in [4.69, 9.17) is 0 Å². The number of para-hydroxylation sites is 1. The van der Waals surface area contributed by atoms with E-state index in [-0.39, 0.29) is 29.8 Å². The predicted octanol–water partition coefficient (Wildman–Crippen LogP) is 3.48. The minimum atomic E-state index is -0.933. The molecule has 1 unspecified atom stereocenters. The highest BCUT2D eigenvalue weighted by atomic mass is 127. The summed E-state index contributed by atoms with van der Waals surface area (Å²) in [5, 5.41) is 3.33. The van der Waals surface area contributed by atoms with E-state index in [2.05, 4.69) is 20.1 Å². The number of benzene rings is 2. The SMILES string of the molecule is CCNC(=NCCS(=O)Cc1ccccc1)N1CCN(c2ccccc2F)CC1.I. The zero-order chi connectivity index (χ0) is 20.5. The van der Waals surface area contributed by atoms with Crippen LogP contribution < -0.4 is 10.2 Å². The Balaban J connectivity index is 0.00000320. The van der Waals surface area contributed by atoms with Gasteiger partial charge < -0.3 is 15.1 Å². The molecule has 1 aliphatic rings. The van der Waals surface area contributed by atoms with Gasteiger partial charge in [0, 0.05) is 55.0 Å². The number of rotatable bonds is 7. The zero-order valence-electron chi connectivity index (χ0n) is 17.3. The molecule has 1 atom stereocenters. The number of aliphatic imine (C=N–C) groups is 1. The van der Waals surface area contributed by atoms with E-state index in [1.54, 1.807) is 6.07 Å². The number of hydrogen-bond donors (Lipinski definition) is 1. The summed E-state index contributed by atoms with van der Waals surface area (Å²) in [4.78, 5) is 8.95. The van der Waals surface area contributed by atoms with Crippen LogP contribution in [0.4, 0.5) is 10.1 Å². The van der Waals surface area contributed by atoms with Crippen molar-refractivity contribution in [3.63, 3.8) is 0 Å². The molecule has 1 fully saturated rings. The molecule has 0 spiro atoms. The Kier molecular flexibility index (Phi) is 10.6. The summed E-state index contributed by atoms with van der Waals surface area (Å²) in [5.74, 6) is 1.77. The predicted molar refractivity (Wildman–Crippen MR) is 135 cm³/mol. The molecular weight excluding hydrogens is 514 g/mol. The van der Waals surface area contributed by atoms with Crippen LogP contribution in [-0.2, 0) is 16.6 Å². The number of nitrogens with zero attached hydrogens (tertiary/aromatic N) is 3. The van der Waals surface area contributed by atoms with Gasteiger partial charge >= 0.3 is 0 Å². The first kappa shape index (κ1) is 24.6. The minimum Gasteiger partial charge on any atom is -0.366 e. The van der Waals surface area contributed by atoms with E-state index in [0.29, 0.717) is 23.7 Å². The lowest BCUT2D eigenvalue weighted by atomic mass is 10.2. The van der Waals surface area contributed by atoms with Gasteiger partial charge in [0.05, 0.1) is 12.2 Å². The van der Waals surface area contributed by atoms with Gasteiger partial charge in [0.15, 0.2) is 5.96 Å². The lowest BCUT2D eigenvalue weighted by Crippen LogP contribution is -2.52. The molecule has 164 valence electrons. The summed E-state index contributed by atoms with van der Waals surface area (Å²) in [7, 11) is -0.933. The van der Waals surface area contributed by atoms with Gasteiger partial charge in [0.1, 0.15) is 5.82 Å². The Labute approximate surface area is 198 Å². The molecular formula is C22H30FIN4OS. The first-order valence-electron chi connectivity index (χ1n) is 10.1. The third-order valence-corrected chi connectivity index (χ3v) is 6.15. The van der Waals surface area contributed by atoms with Crippen LogP contribution in [-0.4, -0.2) is 60.1 Å². The van der Waals surface area contributed by atoms with Crippen molar-refractivity contribution in [3.8, 4) is 0 Å². The third-order valence-electron chi connectivity index (χ3n) is 4.86. The standard InChI is InChI=1S/C22H29FN4OS.HI/c1-2-24-22(25-12-17-29(28)18-19-8-4-3-5-9-19)27-15-13-26(14-16-27)21-11-7-6-10-20(21)23;/h3-11H,2,12-18H2,1H3,(H,24,25);1H. The van der Waals surface area contributed by atoms with E-state index in [0.717, 1.165) is 44.2 Å². The summed E-state index contributed by atoms with van der Waals surface area (Å²) in [5.41, 5.74) is 1.75. The number of anilines is 1. The molecule has 2 aromatic carbocycles. The van der Waals surface area contributed by atoms with Crippen molar-refractivity contribution in [1.29, 1.82) is 0 Å². The fraction of sp³-hybridized carbons (Fsp3) is 0.409. The highest BCUT2D eigenvalue weighted by molar-refractivity contribution is 14.0. The molecule has 1 aliphatic heterocycles. The average molecular weight is 544 g/mol. The highest BCUT2D eigenvalue weighted by Gasteiger charge is 2.21. The molecule has 5 nitrogen and oxygen atoms in total. The van der Waals surface area contributed by atoms with E-state index < -0.39 is 10.8 Å². The smallest absolute Gasteiger partial charge is 0.194 e. The number of hydrogen-bond acceptors (Lipinski definition) is 3. The summed E-state index contributed by atoms with van der Waals surface area (Å²) < 4.78 is 26.4. The molecule has 8 heteroatoms. The molecule has 0 aromatic heterocycles. The Morgan fingerprint density at radius 2 is 1.73 bits per heavy atom. The molecule has 0 bridgehead atoms.